The highest BCUT2D eigenvalue weighted by molar-refractivity contribution is 7.92. The summed E-state index contributed by atoms with van der Waals surface area (Å²) in [6.45, 7) is 2.48. The molecule has 8 nitrogen and oxygen atoms in total. The van der Waals surface area contributed by atoms with Gasteiger partial charge >= 0.3 is 0 Å². The van der Waals surface area contributed by atoms with Crippen molar-refractivity contribution in [3.63, 3.8) is 0 Å². The molecule has 43 heavy (non-hydrogen) atoms. The van der Waals surface area contributed by atoms with Crippen LogP contribution in [0.5, 0.6) is 0 Å². The van der Waals surface area contributed by atoms with E-state index in [0.29, 0.717) is 24.2 Å². The van der Waals surface area contributed by atoms with Crippen molar-refractivity contribution in [1.82, 2.24) is 4.90 Å². The average molecular weight is 603 g/mol. The second-order valence-electron chi connectivity index (χ2n) is 10.9. The molecule has 0 amide bonds. The quantitative estimate of drug-likeness (QED) is 0.206. The zero-order valence-corrected chi connectivity index (χ0v) is 25.1. The number of nitrogens with zero attached hydrogens (tertiary/aromatic N) is 1. The summed E-state index contributed by atoms with van der Waals surface area (Å²) < 4.78 is 41.5. The molecule has 1 heterocycles. The van der Waals surface area contributed by atoms with E-state index >= 15 is 0 Å². The zero-order valence-electron chi connectivity index (χ0n) is 24.3. The highest BCUT2D eigenvalue weighted by atomic mass is 32.2. The summed E-state index contributed by atoms with van der Waals surface area (Å²) in [5, 5.41) is 20.5. The van der Waals surface area contributed by atoms with Crippen molar-refractivity contribution in [3.8, 4) is 0 Å². The van der Waals surface area contributed by atoms with Crippen LogP contribution in [0.1, 0.15) is 54.1 Å². The SMILES string of the molecule is C[C@@H]([C@H](O)c1ccccc1)N(C)C[C@@H]1C[C@H](c2ccc(CO)cc2)OC(c2cccc(NS(=O)(=O)c3ccccc3)c2)O1. The van der Waals surface area contributed by atoms with Crippen LogP contribution in [0, 0.1) is 0 Å². The molecule has 4 aromatic carbocycles. The lowest BCUT2D eigenvalue weighted by molar-refractivity contribution is -0.253. The lowest BCUT2D eigenvalue weighted by Crippen LogP contribution is -2.43. The van der Waals surface area contributed by atoms with Gasteiger partial charge < -0.3 is 19.7 Å². The number of sulfonamides is 1. The first-order valence-electron chi connectivity index (χ1n) is 14.3. The number of rotatable bonds is 11. The number of anilines is 1. The van der Waals surface area contributed by atoms with E-state index in [4.69, 9.17) is 9.47 Å². The molecule has 1 saturated heterocycles. The molecule has 5 rings (SSSR count). The largest absolute Gasteiger partial charge is 0.392 e. The number of benzene rings is 4. The molecule has 1 aliphatic rings. The van der Waals surface area contributed by atoms with Gasteiger partial charge in [-0.05, 0) is 54.9 Å². The van der Waals surface area contributed by atoms with E-state index in [1.54, 1.807) is 48.5 Å². The number of hydrogen-bond donors (Lipinski definition) is 3. The Morgan fingerprint density at radius 2 is 1.56 bits per heavy atom. The third-order valence-corrected chi connectivity index (χ3v) is 9.26. The normalized spacial score (nSPS) is 20.4. The van der Waals surface area contributed by atoms with Crippen LogP contribution in [0.25, 0.3) is 0 Å². The molecular formula is C34H38N2O6S. The maximum Gasteiger partial charge on any atom is 0.261 e. The molecule has 4 aromatic rings. The summed E-state index contributed by atoms with van der Waals surface area (Å²) in [4.78, 5) is 2.26. The number of nitrogens with one attached hydrogen (secondary N) is 1. The molecule has 5 atom stereocenters. The first-order chi connectivity index (χ1) is 20.7. The van der Waals surface area contributed by atoms with Gasteiger partial charge in [0.2, 0.25) is 0 Å². The van der Waals surface area contributed by atoms with Gasteiger partial charge in [-0.1, -0.05) is 84.9 Å². The lowest BCUT2D eigenvalue weighted by atomic mass is 9.98. The van der Waals surface area contributed by atoms with Crippen molar-refractivity contribution in [2.75, 3.05) is 18.3 Å². The topological polar surface area (TPSA) is 108 Å². The van der Waals surface area contributed by atoms with E-state index in [2.05, 4.69) is 9.62 Å². The van der Waals surface area contributed by atoms with Crippen LogP contribution in [-0.4, -0.2) is 49.3 Å². The minimum atomic E-state index is -3.77. The van der Waals surface area contributed by atoms with Gasteiger partial charge in [-0.15, -0.1) is 0 Å². The van der Waals surface area contributed by atoms with Gasteiger partial charge in [0.15, 0.2) is 6.29 Å². The van der Waals surface area contributed by atoms with Gasteiger partial charge in [0.1, 0.15) is 0 Å². The lowest BCUT2D eigenvalue weighted by Gasteiger charge is -2.39. The van der Waals surface area contributed by atoms with Crippen LogP contribution < -0.4 is 4.72 Å². The molecule has 0 saturated carbocycles. The summed E-state index contributed by atoms with van der Waals surface area (Å²) in [5.41, 5.74) is 3.69. The zero-order chi connectivity index (χ0) is 30.4. The summed E-state index contributed by atoms with van der Waals surface area (Å²) in [7, 11) is -1.80. The third-order valence-electron chi connectivity index (χ3n) is 7.86. The Bertz CT molecular complexity index is 1570. The maximum absolute atomic E-state index is 13.0. The maximum atomic E-state index is 13.0. The Balaban J connectivity index is 1.37. The molecule has 0 radical (unpaired) electrons. The van der Waals surface area contributed by atoms with Gasteiger partial charge in [0, 0.05) is 30.3 Å². The third kappa shape index (κ3) is 7.69. The summed E-state index contributed by atoms with van der Waals surface area (Å²) in [6, 6.07) is 32.3. The Kier molecular flexibility index (Phi) is 9.92. The van der Waals surface area contributed by atoms with Crippen LogP contribution in [0.2, 0.25) is 0 Å². The van der Waals surface area contributed by atoms with Crippen molar-refractivity contribution >= 4 is 15.7 Å². The summed E-state index contributed by atoms with van der Waals surface area (Å²) in [5.74, 6) is 0. The van der Waals surface area contributed by atoms with E-state index in [0.717, 1.165) is 16.7 Å². The van der Waals surface area contributed by atoms with Crippen LogP contribution in [0.3, 0.4) is 0 Å². The van der Waals surface area contributed by atoms with Crippen LogP contribution in [0.15, 0.2) is 114 Å². The Morgan fingerprint density at radius 1 is 0.884 bits per heavy atom. The fourth-order valence-corrected chi connectivity index (χ4v) is 6.32. The predicted molar refractivity (Wildman–Crippen MR) is 166 cm³/mol. The van der Waals surface area contributed by atoms with E-state index in [1.165, 1.54) is 0 Å². The second-order valence-corrected chi connectivity index (χ2v) is 12.6. The number of aliphatic hydroxyl groups excluding tert-OH is 2. The molecule has 0 aliphatic carbocycles. The number of hydrogen-bond acceptors (Lipinski definition) is 7. The van der Waals surface area contributed by atoms with Gasteiger partial charge in [0.25, 0.3) is 10.0 Å². The minimum absolute atomic E-state index is 0.0434. The molecule has 3 N–H and O–H groups in total. The minimum Gasteiger partial charge on any atom is -0.392 e. The molecule has 1 aliphatic heterocycles. The Labute approximate surface area is 253 Å². The number of ether oxygens (including phenoxy) is 2. The highest BCUT2D eigenvalue weighted by Crippen LogP contribution is 2.39. The van der Waals surface area contributed by atoms with Gasteiger partial charge in [-0.3, -0.25) is 9.62 Å². The van der Waals surface area contributed by atoms with Gasteiger partial charge in [-0.2, -0.15) is 0 Å². The van der Waals surface area contributed by atoms with E-state index in [9.17, 15) is 18.6 Å². The van der Waals surface area contributed by atoms with Crippen LogP contribution >= 0.6 is 0 Å². The highest BCUT2D eigenvalue weighted by Gasteiger charge is 2.34. The molecule has 0 spiro atoms. The Hall–Kier alpha value is -3.57. The van der Waals surface area contributed by atoms with E-state index in [-0.39, 0.29) is 29.8 Å². The van der Waals surface area contributed by atoms with Crippen molar-refractivity contribution in [1.29, 1.82) is 0 Å². The molecular weight excluding hydrogens is 564 g/mol. The average Bonchev–Trinajstić information content (AvgIpc) is 3.04. The molecule has 1 fully saturated rings. The second kappa shape index (κ2) is 13.8. The summed E-state index contributed by atoms with van der Waals surface area (Å²) in [6.07, 6.45) is -1.40. The number of likely N-dealkylation sites (N-methyl/N-ethyl adjacent to an activating group) is 1. The molecule has 226 valence electrons. The first-order valence-corrected chi connectivity index (χ1v) is 15.8. The standard InChI is InChI=1S/C34H38N2O6S/c1-24(33(38)27-10-5-3-6-11-27)36(2)22-30-21-32(26-18-16-25(23-37)17-19-26)42-34(41-30)28-12-9-13-29(20-28)35-43(39,40)31-14-7-4-8-15-31/h3-20,24,30,32-35,37-38H,21-23H2,1-2H3/t24-,30-,32+,33-,34?/m0/s1. The van der Waals surface area contributed by atoms with Gasteiger partial charge in [0.05, 0.1) is 29.8 Å². The van der Waals surface area contributed by atoms with E-state index in [1.807, 2.05) is 74.6 Å². The molecule has 0 bridgehead atoms. The van der Waals surface area contributed by atoms with Crippen molar-refractivity contribution in [3.05, 3.63) is 131 Å². The first kappa shape index (κ1) is 30.9. The molecule has 1 unspecified atom stereocenters. The van der Waals surface area contributed by atoms with Crippen LogP contribution in [-0.2, 0) is 26.1 Å². The summed E-state index contributed by atoms with van der Waals surface area (Å²) >= 11 is 0. The smallest absolute Gasteiger partial charge is 0.261 e. The van der Waals surface area contributed by atoms with Crippen molar-refractivity contribution < 1.29 is 28.1 Å². The molecule has 0 aromatic heterocycles. The fourth-order valence-electron chi connectivity index (χ4n) is 5.25. The Morgan fingerprint density at radius 3 is 2.23 bits per heavy atom. The van der Waals surface area contributed by atoms with Gasteiger partial charge in [-0.25, -0.2) is 8.42 Å². The predicted octanol–water partition coefficient (Wildman–Crippen LogP) is 5.58. The number of aliphatic hydroxyl groups is 2. The molecule has 9 heteroatoms. The van der Waals surface area contributed by atoms with Crippen LogP contribution in [0.4, 0.5) is 5.69 Å². The monoisotopic (exact) mass is 602 g/mol. The van der Waals surface area contributed by atoms with Crippen molar-refractivity contribution in [2.45, 2.75) is 55.5 Å². The van der Waals surface area contributed by atoms with Crippen molar-refractivity contribution in [2.24, 2.45) is 0 Å². The van der Waals surface area contributed by atoms with E-state index < -0.39 is 22.4 Å². The fraction of sp³-hybridized carbons (Fsp3) is 0.294.